The number of aryl methyl sites for hydroxylation is 1. The quantitative estimate of drug-likeness (QED) is 0.598. The second-order valence-electron chi connectivity index (χ2n) is 5.57. The Morgan fingerprint density at radius 1 is 1.33 bits per heavy atom. The molecule has 0 fully saturated rings. The van der Waals surface area contributed by atoms with E-state index in [2.05, 4.69) is 4.72 Å². The Bertz CT molecular complexity index is 817. The normalized spacial score (nSPS) is 13.2. The Balaban J connectivity index is 2.31. The van der Waals surface area contributed by atoms with Gasteiger partial charge in [0.05, 0.1) is 4.92 Å². The number of likely N-dealkylation sites (N-methyl/N-ethyl adjacent to an activating group) is 1. The third-order valence-corrected chi connectivity index (χ3v) is 5.99. The van der Waals surface area contributed by atoms with Gasteiger partial charge < -0.3 is 4.90 Å². The van der Waals surface area contributed by atoms with Gasteiger partial charge in [-0.2, -0.15) is 11.3 Å². The van der Waals surface area contributed by atoms with Gasteiger partial charge >= 0.3 is 0 Å². The van der Waals surface area contributed by atoms with Gasteiger partial charge in [-0.25, -0.2) is 13.1 Å². The van der Waals surface area contributed by atoms with E-state index >= 15 is 0 Å². The number of nitro benzene ring substituents is 1. The number of benzene rings is 1. The van der Waals surface area contributed by atoms with Crippen molar-refractivity contribution in [3.63, 3.8) is 0 Å². The maximum atomic E-state index is 12.6. The summed E-state index contributed by atoms with van der Waals surface area (Å²) in [5.41, 5.74) is 0.917. The maximum Gasteiger partial charge on any atom is 0.289 e. The molecule has 1 N–H and O–H groups in total. The van der Waals surface area contributed by atoms with Crippen LogP contribution in [0.4, 0.5) is 5.69 Å². The highest BCUT2D eigenvalue weighted by Gasteiger charge is 2.28. The first-order valence-corrected chi connectivity index (χ1v) is 9.59. The standard InChI is InChI=1S/C15H19N3O4S2/c1-11-5-4-6-13(18(19)20)15(11)24(21,22)16-9-14(17(2)3)12-7-8-23-10-12/h4-8,10,14,16H,9H2,1-3H3. The Hall–Kier alpha value is -1.81. The van der Waals surface area contributed by atoms with Gasteiger partial charge in [0.1, 0.15) is 0 Å². The fraction of sp³-hybridized carbons (Fsp3) is 0.333. The average Bonchev–Trinajstić information content (AvgIpc) is 3.00. The summed E-state index contributed by atoms with van der Waals surface area (Å²) in [6.45, 7) is 1.67. The highest BCUT2D eigenvalue weighted by molar-refractivity contribution is 7.89. The first kappa shape index (κ1) is 18.5. The average molecular weight is 369 g/mol. The number of hydrogen-bond donors (Lipinski definition) is 1. The summed E-state index contributed by atoms with van der Waals surface area (Å²) in [6.07, 6.45) is 0. The van der Waals surface area contributed by atoms with Gasteiger partial charge in [0.2, 0.25) is 10.0 Å². The predicted molar refractivity (Wildman–Crippen MR) is 93.8 cm³/mol. The lowest BCUT2D eigenvalue weighted by Crippen LogP contribution is -2.34. The molecule has 0 aliphatic carbocycles. The summed E-state index contributed by atoms with van der Waals surface area (Å²) in [7, 11) is -0.293. The molecule has 0 aliphatic heterocycles. The van der Waals surface area contributed by atoms with Crippen LogP contribution in [-0.4, -0.2) is 38.9 Å². The van der Waals surface area contributed by atoms with Gasteiger partial charge in [-0.1, -0.05) is 12.1 Å². The Labute approximate surface area is 145 Å². The van der Waals surface area contributed by atoms with Gasteiger partial charge in [0.15, 0.2) is 4.90 Å². The lowest BCUT2D eigenvalue weighted by Gasteiger charge is -2.24. The van der Waals surface area contributed by atoms with Crippen molar-refractivity contribution in [2.24, 2.45) is 0 Å². The molecule has 9 heteroatoms. The zero-order chi connectivity index (χ0) is 17.9. The van der Waals surface area contributed by atoms with Crippen molar-refractivity contribution in [3.8, 4) is 0 Å². The molecule has 0 saturated heterocycles. The Morgan fingerprint density at radius 3 is 2.58 bits per heavy atom. The smallest absolute Gasteiger partial charge is 0.289 e. The molecule has 1 aromatic heterocycles. The van der Waals surface area contributed by atoms with E-state index < -0.39 is 20.6 Å². The minimum absolute atomic E-state index is 0.123. The van der Waals surface area contributed by atoms with E-state index in [0.717, 1.165) is 5.56 Å². The molecule has 130 valence electrons. The van der Waals surface area contributed by atoms with E-state index in [1.54, 1.807) is 13.0 Å². The number of rotatable bonds is 7. The molecular weight excluding hydrogens is 350 g/mol. The van der Waals surface area contributed by atoms with Crippen LogP contribution in [0.25, 0.3) is 0 Å². The summed E-state index contributed by atoms with van der Waals surface area (Å²) in [5, 5.41) is 15.0. The summed E-state index contributed by atoms with van der Waals surface area (Å²) in [6, 6.07) is 5.99. The Kier molecular flexibility index (Phi) is 5.70. The third kappa shape index (κ3) is 3.99. The molecule has 1 unspecified atom stereocenters. The van der Waals surface area contributed by atoms with Crippen LogP contribution in [-0.2, 0) is 10.0 Å². The van der Waals surface area contributed by atoms with Crippen molar-refractivity contribution in [1.29, 1.82) is 0 Å². The van der Waals surface area contributed by atoms with E-state index in [0.29, 0.717) is 5.56 Å². The summed E-state index contributed by atoms with van der Waals surface area (Å²) in [4.78, 5) is 12.1. The summed E-state index contributed by atoms with van der Waals surface area (Å²) in [5.74, 6) is 0. The molecule has 0 aliphatic rings. The van der Waals surface area contributed by atoms with Crippen LogP contribution in [0.2, 0.25) is 0 Å². The maximum absolute atomic E-state index is 12.6. The van der Waals surface area contributed by atoms with Crippen LogP contribution in [0.15, 0.2) is 39.9 Å². The number of sulfonamides is 1. The largest absolute Gasteiger partial charge is 0.301 e. The third-order valence-electron chi connectivity index (χ3n) is 3.67. The molecule has 0 radical (unpaired) electrons. The number of thiophene rings is 1. The topological polar surface area (TPSA) is 92.5 Å². The van der Waals surface area contributed by atoms with E-state index in [4.69, 9.17) is 0 Å². The van der Waals surface area contributed by atoms with E-state index in [1.165, 1.54) is 23.5 Å². The first-order valence-electron chi connectivity index (χ1n) is 7.16. The van der Waals surface area contributed by atoms with Crippen LogP contribution in [0.3, 0.4) is 0 Å². The molecule has 0 amide bonds. The fourth-order valence-electron chi connectivity index (χ4n) is 2.45. The minimum Gasteiger partial charge on any atom is -0.301 e. The number of nitro groups is 1. The van der Waals surface area contributed by atoms with Crippen LogP contribution >= 0.6 is 11.3 Å². The molecule has 1 aromatic carbocycles. The Morgan fingerprint density at radius 2 is 2.04 bits per heavy atom. The van der Waals surface area contributed by atoms with E-state index in [9.17, 15) is 18.5 Å². The van der Waals surface area contributed by atoms with Gasteiger partial charge in [-0.15, -0.1) is 0 Å². The predicted octanol–water partition coefficient (Wildman–Crippen LogP) is 2.55. The first-order chi connectivity index (χ1) is 11.2. The molecule has 0 spiro atoms. The fourth-order valence-corrected chi connectivity index (χ4v) is 4.59. The molecular formula is C15H19N3O4S2. The molecule has 24 heavy (non-hydrogen) atoms. The van der Waals surface area contributed by atoms with Gasteiger partial charge in [0.25, 0.3) is 5.69 Å². The summed E-state index contributed by atoms with van der Waals surface area (Å²) < 4.78 is 27.8. The molecule has 2 rings (SSSR count). The molecule has 1 atom stereocenters. The van der Waals surface area contributed by atoms with Gasteiger partial charge in [-0.3, -0.25) is 10.1 Å². The number of hydrogen-bond acceptors (Lipinski definition) is 6. The number of nitrogens with one attached hydrogen (secondary N) is 1. The van der Waals surface area contributed by atoms with Crippen LogP contribution in [0.5, 0.6) is 0 Å². The molecule has 2 aromatic rings. The lowest BCUT2D eigenvalue weighted by atomic mass is 10.1. The number of nitrogens with zero attached hydrogens (tertiary/aromatic N) is 2. The SMILES string of the molecule is Cc1cccc([N+](=O)[O-])c1S(=O)(=O)NCC(c1ccsc1)N(C)C. The highest BCUT2D eigenvalue weighted by atomic mass is 32.2. The molecule has 1 heterocycles. The molecule has 0 saturated carbocycles. The van der Waals surface area contributed by atoms with Crippen LogP contribution in [0.1, 0.15) is 17.2 Å². The van der Waals surface area contributed by atoms with Crippen molar-refractivity contribution in [2.45, 2.75) is 17.9 Å². The van der Waals surface area contributed by atoms with Crippen molar-refractivity contribution >= 4 is 27.0 Å². The van der Waals surface area contributed by atoms with Crippen molar-refractivity contribution in [1.82, 2.24) is 9.62 Å². The molecule has 7 nitrogen and oxygen atoms in total. The van der Waals surface area contributed by atoms with Crippen molar-refractivity contribution in [3.05, 3.63) is 56.3 Å². The van der Waals surface area contributed by atoms with E-state index in [1.807, 2.05) is 35.8 Å². The monoisotopic (exact) mass is 369 g/mol. The van der Waals surface area contributed by atoms with Crippen molar-refractivity contribution < 1.29 is 13.3 Å². The second kappa shape index (κ2) is 7.39. The highest BCUT2D eigenvalue weighted by Crippen LogP contribution is 2.27. The summed E-state index contributed by atoms with van der Waals surface area (Å²) >= 11 is 1.53. The minimum atomic E-state index is -4.00. The zero-order valence-corrected chi connectivity index (χ0v) is 15.2. The van der Waals surface area contributed by atoms with Crippen LogP contribution in [0, 0.1) is 17.0 Å². The van der Waals surface area contributed by atoms with Gasteiger partial charge in [-0.05, 0) is 49.0 Å². The van der Waals surface area contributed by atoms with E-state index in [-0.39, 0.29) is 17.5 Å². The molecule has 0 bridgehead atoms. The van der Waals surface area contributed by atoms with Gasteiger partial charge in [0, 0.05) is 18.7 Å². The zero-order valence-electron chi connectivity index (χ0n) is 13.6. The van der Waals surface area contributed by atoms with Crippen LogP contribution < -0.4 is 4.72 Å². The van der Waals surface area contributed by atoms with Crippen molar-refractivity contribution in [2.75, 3.05) is 20.6 Å². The second-order valence-corrected chi connectivity index (χ2v) is 8.05. The lowest BCUT2D eigenvalue weighted by molar-refractivity contribution is -0.387.